The summed E-state index contributed by atoms with van der Waals surface area (Å²) in [6.45, 7) is 21.1. The van der Waals surface area contributed by atoms with Gasteiger partial charge in [0, 0.05) is 18.7 Å². The fourth-order valence-corrected chi connectivity index (χ4v) is 13.6. The molecule has 1 aliphatic heterocycles. The van der Waals surface area contributed by atoms with Crippen LogP contribution in [0.15, 0.2) is 36.0 Å². The molecule has 358 valence electrons. The maximum atomic E-state index is 7.75. The molecule has 4 fully saturated rings. The molecule has 0 aromatic rings. The Bertz CT molecular complexity index is 1300. The number of ether oxygens (including phenoxy) is 3. The molecule has 2 N–H and O–H groups in total. The van der Waals surface area contributed by atoms with Crippen LogP contribution in [-0.2, 0) is 14.2 Å². The molecule has 4 aliphatic carbocycles. The quantitative estimate of drug-likeness (QED) is 0.0556. The van der Waals surface area contributed by atoms with Crippen molar-refractivity contribution in [3.63, 3.8) is 0 Å². The van der Waals surface area contributed by atoms with E-state index < -0.39 is 0 Å². The normalized spacial score (nSPS) is 31.4. The summed E-state index contributed by atoms with van der Waals surface area (Å²) in [4.78, 5) is 2.60. The van der Waals surface area contributed by atoms with E-state index in [1.165, 1.54) is 174 Å². The van der Waals surface area contributed by atoms with Crippen LogP contribution in [0.25, 0.3) is 0 Å². The van der Waals surface area contributed by atoms with Gasteiger partial charge in [0.15, 0.2) is 0 Å². The zero-order valence-electron chi connectivity index (χ0n) is 41.9. The molecule has 0 aromatic carbocycles. The van der Waals surface area contributed by atoms with Crippen molar-refractivity contribution in [2.24, 2.45) is 46.2 Å². The largest absolute Gasteiger partial charge is 0.379 e. The molecule has 1 saturated heterocycles. The van der Waals surface area contributed by atoms with E-state index >= 15 is 0 Å². The highest BCUT2D eigenvalue weighted by molar-refractivity contribution is 5.29. The van der Waals surface area contributed by atoms with Crippen molar-refractivity contribution in [3.8, 4) is 0 Å². The van der Waals surface area contributed by atoms with Crippen molar-refractivity contribution >= 4 is 0 Å². The van der Waals surface area contributed by atoms with Crippen LogP contribution in [0, 0.1) is 40.4 Å². The summed E-state index contributed by atoms with van der Waals surface area (Å²) in [5, 5.41) is 0. The molecule has 5 aliphatic rings. The maximum absolute atomic E-state index is 7.75. The molecule has 0 amide bonds. The Labute approximate surface area is 385 Å². The number of nitrogens with two attached hydrogens (primary N) is 1. The van der Waals surface area contributed by atoms with Crippen molar-refractivity contribution in [2.75, 3.05) is 46.1 Å². The third-order valence-electron chi connectivity index (χ3n) is 17.6. The van der Waals surface area contributed by atoms with Crippen LogP contribution in [0.1, 0.15) is 221 Å². The number of nitrogens with zero attached hydrogens (tertiary/aromatic N) is 1. The van der Waals surface area contributed by atoms with Gasteiger partial charge >= 0.3 is 0 Å². The summed E-state index contributed by atoms with van der Waals surface area (Å²) in [6, 6.07) is 0. The minimum absolute atomic E-state index is 0.0143. The smallest absolute Gasteiger partial charge is 0.0936 e. The third-order valence-corrected chi connectivity index (χ3v) is 17.6. The molecule has 0 radical (unpaired) electrons. The molecular formula is C57H102N2O3. The minimum atomic E-state index is -0.0143. The highest BCUT2D eigenvalue weighted by Crippen LogP contribution is 2.68. The average Bonchev–Trinajstić information content (AvgIpc) is 3.55. The second kappa shape index (κ2) is 27.6. The Balaban J connectivity index is 0.953. The lowest BCUT2D eigenvalue weighted by Crippen LogP contribution is -2.65. The Morgan fingerprint density at radius 1 is 0.742 bits per heavy atom. The molecule has 62 heavy (non-hydrogen) atoms. The van der Waals surface area contributed by atoms with E-state index in [2.05, 4.69) is 76.8 Å². The van der Waals surface area contributed by atoms with Crippen LogP contribution < -0.4 is 5.73 Å². The number of allylic oxidation sites excluding steroid dienone is 5. The molecule has 9 atom stereocenters. The highest BCUT2D eigenvalue weighted by atomic mass is 16.6. The van der Waals surface area contributed by atoms with Gasteiger partial charge in [-0.2, -0.15) is 0 Å². The standard InChI is InChI=1S/C57H102N2O3/c1-7-8-9-10-11-12-13-14-15-16-17-18-19-20-21-22-23-27-41-60-46-51(45-59-39-25-24-26-40-59)62-43-42-61-50-33-36-55(5)49(44-50)31-32-54-53(55)34-37-56(6)52(35-38-57(54,56)58)48(4)30-28-29-47(2)3/h11-12,14-15,31,47-48,50-54H,7-10,13,16-30,32-46,58H2,1-6H3/b12-11-,15-14-/t48-,50+,51?,52-,53+,54-,55+,56-,57-/m1/s1. The Hall–Kier alpha value is -0.980. The molecule has 1 unspecified atom stereocenters. The molecule has 3 saturated carbocycles. The van der Waals surface area contributed by atoms with Crippen molar-refractivity contribution < 1.29 is 14.2 Å². The van der Waals surface area contributed by atoms with Gasteiger partial charge in [-0.05, 0) is 156 Å². The van der Waals surface area contributed by atoms with E-state index in [0.717, 1.165) is 56.1 Å². The Kier molecular flexibility index (Phi) is 23.2. The number of likely N-dealkylation sites (tertiary alicyclic amines) is 1. The molecule has 0 aromatic heterocycles. The second-order valence-electron chi connectivity index (χ2n) is 22.5. The monoisotopic (exact) mass is 863 g/mol. The van der Waals surface area contributed by atoms with Gasteiger partial charge in [-0.3, -0.25) is 0 Å². The first-order valence-corrected chi connectivity index (χ1v) is 27.4. The van der Waals surface area contributed by atoms with Gasteiger partial charge in [-0.25, -0.2) is 0 Å². The van der Waals surface area contributed by atoms with Crippen LogP contribution in [0.3, 0.4) is 0 Å². The summed E-state index contributed by atoms with van der Waals surface area (Å²) >= 11 is 0. The number of piperidine rings is 1. The van der Waals surface area contributed by atoms with E-state index in [9.17, 15) is 0 Å². The summed E-state index contributed by atoms with van der Waals surface area (Å²) in [7, 11) is 0. The number of fused-ring (bicyclic) bond motifs is 5. The summed E-state index contributed by atoms with van der Waals surface area (Å²) < 4.78 is 19.5. The second-order valence-corrected chi connectivity index (χ2v) is 22.5. The van der Waals surface area contributed by atoms with E-state index in [-0.39, 0.29) is 22.5 Å². The van der Waals surface area contributed by atoms with Gasteiger partial charge in [0.1, 0.15) is 0 Å². The molecule has 0 spiro atoms. The van der Waals surface area contributed by atoms with E-state index in [1.807, 2.05) is 0 Å². The van der Waals surface area contributed by atoms with Gasteiger partial charge in [0.25, 0.3) is 0 Å². The molecule has 0 bridgehead atoms. The van der Waals surface area contributed by atoms with Crippen LogP contribution in [0.2, 0.25) is 0 Å². The number of rotatable bonds is 31. The lowest BCUT2D eigenvalue weighted by molar-refractivity contribution is -0.0873. The van der Waals surface area contributed by atoms with Crippen molar-refractivity contribution in [2.45, 2.75) is 239 Å². The topological polar surface area (TPSA) is 57.0 Å². The first-order chi connectivity index (χ1) is 30.1. The molecule has 5 heteroatoms. The third kappa shape index (κ3) is 15.3. The fraction of sp³-hybridized carbons (Fsp3) is 0.895. The fourth-order valence-electron chi connectivity index (χ4n) is 13.6. The van der Waals surface area contributed by atoms with Gasteiger partial charge in [0.2, 0.25) is 0 Å². The summed E-state index contributed by atoms with van der Waals surface area (Å²) in [5.41, 5.74) is 9.99. The SMILES string of the molecule is CCCCC/C=C\C/C=C\CCCCCCCCCCOCC(CN1CCCCC1)OCCO[C@H]1CC[C@@]2(C)C(=CC[C@@H]3[C@@H]2CC[C@]2(C)[C@@H]([C@H](C)CCCC(C)C)CC[C@@]32N)C1. The minimum Gasteiger partial charge on any atom is -0.379 e. The predicted octanol–water partition coefficient (Wildman–Crippen LogP) is 15.0. The highest BCUT2D eigenvalue weighted by Gasteiger charge is 2.65. The zero-order chi connectivity index (χ0) is 44.1. The van der Waals surface area contributed by atoms with Gasteiger partial charge < -0.3 is 24.8 Å². The lowest BCUT2D eigenvalue weighted by atomic mass is 9.44. The Morgan fingerprint density at radius 2 is 1.45 bits per heavy atom. The summed E-state index contributed by atoms with van der Waals surface area (Å²) in [5.74, 6) is 3.73. The summed E-state index contributed by atoms with van der Waals surface area (Å²) in [6.07, 6.45) is 48.8. The first kappa shape index (κ1) is 52.0. The predicted molar refractivity (Wildman–Crippen MR) is 266 cm³/mol. The number of hydrogen-bond acceptors (Lipinski definition) is 5. The van der Waals surface area contributed by atoms with Crippen LogP contribution in [-0.4, -0.2) is 68.7 Å². The zero-order valence-corrected chi connectivity index (χ0v) is 41.9. The molecule has 5 rings (SSSR count). The Morgan fingerprint density at radius 3 is 2.18 bits per heavy atom. The van der Waals surface area contributed by atoms with Crippen molar-refractivity contribution in [1.82, 2.24) is 4.90 Å². The van der Waals surface area contributed by atoms with Gasteiger partial charge in [-0.15, -0.1) is 0 Å². The first-order valence-electron chi connectivity index (χ1n) is 27.4. The number of hydrogen-bond donors (Lipinski definition) is 1. The van der Waals surface area contributed by atoms with Crippen molar-refractivity contribution in [3.05, 3.63) is 36.0 Å². The molecular weight excluding hydrogens is 761 g/mol. The van der Waals surface area contributed by atoms with Gasteiger partial charge in [0.05, 0.1) is 32.0 Å². The van der Waals surface area contributed by atoms with E-state index in [1.54, 1.807) is 5.57 Å². The van der Waals surface area contributed by atoms with Crippen molar-refractivity contribution in [1.29, 1.82) is 0 Å². The average molecular weight is 863 g/mol. The lowest BCUT2D eigenvalue weighted by Gasteiger charge is -2.62. The van der Waals surface area contributed by atoms with E-state index in [0.29, 0.717) is 31.8 Å². The van der Waals surface area contributed by atoms with Crippen LogP contribution >= 0.6 is 0 Å². The van der Waals surface area contributed by atoms with Crippen LogP contribution in [0.4, 0.5) is 0 Å². The van der Waals surface area contributed by atoms with E-state index in [4.69, 9.17) is 19.9 Å². The molecule has 1 heterocycles. The molecule has 5 nitrogen and oxygen atoms in total. The van der Waals surface area contributed by atoms with Gasteiger partial charge in [-0.1, -0.05) is 155 Å². The maximum Gasteiger partial charge on any atom is 0.0936 e. The van der Waals surface area contributed by atoms with Crippen LogP contribution in [0.5, 0.6) is 0 Å². The number of unbranched alkanes of at least 4 members (excludes halogenated alkanes) is 11.